The Morgan fingerprint density at radius 3 is 2.59 bits per heavy atom. The average molecular weight is 457 g/mol. The van der Waals surface area contributed by atoms with Crippen LogP contribution in [0.3, 0.4) is 0 Å². The van der Waals surface area contributed by atoms with Crippen LogP contribution in [-0.4, -0.2) is 33.4 Å². The zero-order valence-corrected chi connectivity index (χ0v) is 18.4. The van der Waals surface area contributed by atoms with Crippen LogP contribution in [0.1, 0.15) is 40.6 Å². The zero-order chi connectivity index (χ0) is 23.5. The Morgan fingerprint density at radius 1 is 1.06 bits per heavy atom. The molecular weight excluding hydrogens is 432 g/mol. The number of hydrogen-bond donors (Lipinski definition) is 3. The minimum atomic E-state index is -0.412. The molecule has 0 unspecified atom stereocenters. The van der Waals surface area contributed by atoms with Crippen LogP contribution in [0.25, 0.3) is 11.3 Å². The molecule has 8 nitrogen and oxygen atoms in total. The maximum absolute atomic E-state index is 12.9. The molecule has 34 heavy (non-hydrogen) atoms. The highest BCUT2D eigenvalue weighted by Gasteiger charge is 2.30. The number of amides is 2. The van der Waals surface area contributed by atoms with Crippen molar-refractivity contribution >= 4 is 17.6 Å². The third-order valence-electron chi connectivity index (χ3n) is 5.73. The molecule has 3 N–H and O–H groups in total. The summed E-state index contributed by atoms with van der Waals surface area (Å²) in [6.07, 6.45) is 4.16. The van der Waals surface area contributed by atoms with Crippen LogP contribution in [0.2, 0.25) is 0 Å². The van der Waals surface area contributed by atoms with Gasteiger partial charge in [0.05, 0.1) is 17.7 Å². The summed E-state index contributed by atoms with van der Waals surface area (Å²) in [5.41, 5.74) is 3.38. The standard InChI is InChI=1S/C26H24N4O4/c31-23-15-19(28-25(32)24-7-4-14-34-24)10-11-20(23)21-16-22(18-8-9-18)30(29-21)26(33)27-13-12-17-5-2-1-3-6-17/h1-7,10-11,14-16,18,31H,8-9,12-13H2,(H,27,33)(H,28,32). The minimum absolute atomic E-state index is 0.0475. The van der Waals surface area contributed by atoms with Crippen LogP contribution in [0, 0.1) is 0 Å². The highest BCUT2D eigenvalue weighted by atomic mass is 16.3. The third-order valence-corrected chi connectivity index (χ3v) is 5.73. The number of rotatable bonds is 7. The second kappa shape index (κ2) is 9.27. The van der Waals surface area contributed by atoms with E-state index in [1.165, 1.54) is 17.0 Å². The maximum Gasteiger partial charge on any atom is 0.342 e. The summed E-state index contributed by atoms with van der Waals surface area (Å²) < 4.78 is 6.49. The highest BCUT2D eigenvalue weighted by Crippen LogP contribution is 2.42. The summed E-state index contributed by atoms with van der Waals surface area (Å²) in [6, 6.07) is 19.5. The first-order chi connectivity index (χ1) is 16.6. The van der Waals surface area contributed by atoms with E-state index >= 15 is 0 Å². The molecule has 4 aromatic rings. The molecule has 0 aliphatic heterocycles. The second-order valence-corrected chi connectivity index (χ2v) is 8.27. The Bertz CT molecular complexity index is 1310. The number of hydrogen-bond acceptors (Lipinski definition) is 5. The van der Waals surface area contributed by atoms with Gasteiger partial charge in [-0.2, -0.15) is 9.78 Å². The van der Waals surface area contributed by atoms with Gasteiger partial charge in [-0.1, -0.05) is 30.3 Å². The predicted octanol–water partition coefficient (Wildman–Crippen LogP) is 4.78. The Hall–Kier alpha value is -4.33. The van der Waals surface area contributed by atoms with Crippen molar-refractivity contribution in [3.8, 4) is 17.0 Å². The fraction of sp³-hybridized carbons (Fsp3) is 0.192. The van der Waals surface area contributed by atoms with E-state index in [-0.39, 0.29) is 23.5 Å². The molecule has 0 spiro atoms. The van der Waals surface area contributed by atoms with E-state index in [9.17, 15) is 14.7 Å². The lowest BCUT2D eigenvalue weighted by molar-refractivity contribution is 0.0996. The number of furan rings is 1. The van der Waals surface area contributed by atoms with Gasteiger partial charge >= 0.3 is 6.03 Å². The van der Waals surface area contributed by atoms with Crippen molar-refractivity contribution in [3.63, 3.8) is 0 Å². The number of anilines is 1. The zero-order valence-electron chi connectivity index (χ0n) is 18.4. The number of aromatic nitrogens is 2. The van der Waals surface area contributed by atoms with Gasteiger partial charge in [0.1, 0.15) is 5.75 Å². The topological polar surface area (TPSA) is 109 Å². The highest BCUT2D eigenvalue weighted by molar-refractivity contribution is 6.02. The van der Waals surface area contributed by atoms with Crippen LogP contribution in [0.15, 0.2) is 77.4 Å². The van der Waals surface area contributed by atoms with Crippen molar-refractivity contribution in [3.05, 3.63) is 90.0 Å². The number of nitrogens with one attached hydrogen (secondary N) is 2. The van der Waals surface area contributed by atoms with Crippen LogP contribution in [0.5, 0.6) is 5.75 Å². The fourth-order valence-corrected chi connectivity index (χ4v) is 3.82. The molecule has 0 saturated heterocycles. The van der Waals surface area contributed by atoms with E-state index in [2.05, 4.69) is 15.7 Å². The number of benzene rings is 2. The summed E-state index contributed by atoms with van der Waals surface area (Å²) in [7, 11) is 0. The summed E-state index contributed by atoms with van der Waals surface area (Å²) in [6.45, 7) is 0.497. The molecule has 2 aromatic heterocycles. The summed E-state index contributed by atoms with van der Waals surface area (Å²) in [4.78, 5) is 25.1. The lowest BCUT2D eigenvalue weighted by Crippen LogP contribution is -2.32. The Morgan fingerprint density at radius 2 is 1.88 bits per heavy atom. The monoisotopic (exact) mass is 456 g/mol. The Kier molecular flexibility index (Phi) is 5.86. The van der Waals surface area contributed by atoms with Crippen molar-refractivity contribution in [2.45, 2.75) is 25.2 Å². The Balaban J connectivity index is 1.31. The molecule has 1 aliphatic carbocycles. The first kappa shape index (κ1) is 21.5. The van der Waals surface area contributed by atoms with E-state index in [0.29, 0.717) is 23.5 Å². The molecule has 172 valence electrons. The summed E-state index contributed by atoms with van der Waals surface area (Å²) >= 11 is 0. The minimum Gasteiger partial charge on any atom is -0.507 e. The summed E-state index contributed by atoms with van der Waals surface area (Å²) in [5.74, 6) is 0.00290. The van der Waals surface area contributed by atoms with Crippen LogP contribution in [0.4, 0.5) is 10.5 Å². The predicted molar refractivity (Wildman–Crippen MR) is 127 cm³/mol. The molecule has 1 saturated carbocycles. The van der Waals surface area contributed by atoms with E-state index in [1.54, 1.807) is 24.3 Å². The van der Waals surface area contributed by atoms with Crippen molar-refractivity contribution in [1.29, 1.82) is 0 Å². The van der Waals surface area contributed by atoms with E-state index in [0.717, 1.165) is 30.5 Å². The molecule has 0 bridgehead atoms. The van der Waals surface area contributed by atoms with E-state index < -0.39 is 5.91 Å². The fourth-order valence-electron chi connectivity index (χ4n) is 3.82. The maximum atomic E-state index is 12.9. The van der Waals surface area contributed by atoms with Crippen LogP contribution in [-0.2, 0) is 6.42 Å². The van der Waals surface area contributed by atoms with Crippen molar-refractivity contribution in [2.75, 3.05) is 11.9 Å². The number of phenolic OH excluding ortho intramolecular Hbond substituents is 1. The van der Waals surface area contributed by atoms with Crippen molar-refractivity contribution < 1.29 is 19.1 Å². The van der Waals surface area contributed by atoms with Crippen LogP contribution >= 0.6 is 0 Å². The van der Waals surface area contributed by atoms with E-state index in [4.69, 9.17) is 4.42 Å². The van der Waals surface area contributed by atoms with Gasteiger partial charge in [-0.3, -0.25) is 4.79 Å². The van der Waals surface area contributed by atoms with Gasteiger partial charge in [0.2, 0.25) is 0 Å². The number of aromatic hydroxyl groups is 1. The second-order valence-electron chi connectivity index (χ2n) is 8.27. The number of carbonyl (C=O) groups is 2. The molecule has 1 aliphatic rings. The van der Waals surface area contributed by atoms with Gasteiger partial charge in [0.15, 0.2) is 5.76 Å². The SMILES string of the molecule is O=C(Nc1ccc(-c2cc(C3CC3)n(C(=O)NCCc3ccccc3)n2)c(O)c1)c1ccco1. The van der Waals surface area contributed by atoms with Gasteiger partial charge in [0, 0.05) is 29.8 Å². The molecule has 0 atom stereocenters. The number of phenols is 1. The van der Waals surface area contributed by atoms with Gasteiger partial charge in [0.25, 0.3) is 5.91 Å². The van der Waals surface area contributed by atoms with Gasteiger partial charge in [-0.25, -0.2) is 4.79 Å². The molecule has 8 heteroatoms. The summed E-state index contributed by atoms with van der Waals surface area (Å²) in [5, 5.41) is 20.7. The third kappa shape index (κ3) is 4.71. The molecule has 2 amide bonds. The van der Waals surface area contributed by atoms with Crippen LogP contribution < -0.4 is 10.6 Å². The van der Waals surface area contributed by atoms with Crippen molar-refractivity contribution in [1.82, 2.24) is 15.1 Å². The molecular formula is C26H24N4O4. The smallest absolute Gasteiger partial charge is 0.342 e. The molecule has 5 rings (SSSR count). The van der Waals surface area contributed by atoms with E-state index in [1.807, 2.05) is 36.4 Å². The lowest BCUT2D eigenvalue weighted by Gasteiger charge is -2.08. The molecule has 2 heterocycles. The van der Waals surface area contributed by atoms with Gasteiger partial charge in [-0.15, -0.1) is 0 Å². The lowest BCUT2D eigenvalue weighted by atomic mass is 10.1. The normalized spacial score (nSPS) is 12.9. The molecule has 0 radical (unpaired) electrons. The molecule has 1 fully saturated rings. The number of carbonyl (C=O) groups excluding carboxylic acids is 2. The quantitative estimate of drug-likeness (QED) is 0.371. The molecule has 2 aromatic carbocycles. The Labute approximate surface area is 196 Å². The van der Waals surface area contributed by atoms with Gasteiger partial charge < -0.3 is 20.2 Å². The average Bonchev–Trinajstić information content (AvgIpc) is 3.34. The van der Waals surface area contributed by atoms with Gasteiger partial charge in [-0.05, 0) is 55.2 Å². The largest absolute Gasteiger partial charge is 0.507 e. The number of nitrogens with zero attached hydrogens (tertiary/aromatic N) is 2. The first-order valence-corrected chi connectivity index (χ1v) is 11.2. The van der Waals surface area contributed by atoms with Crippen molar-refractivity contribution in [2.24, 2.45) is 0 Å². The first-order valence-electron chi connectivity index (χ1n) is 11.2.